The first-order valence-corrected chi connectivity index (χ1v) is 13.4. The van der Waals surface area contributed by atoms with Crippen molar-refractivity contribution < 1.29 is 8.85 Å². The van der Waals surface area contributed by atoms with E-state index in [4.69, 9.17) is 8.85 Å². The van der Waals surface area contributed by atoms with E-state index < -0.39 is 16.8 Å². The van der Waals surface area contributed by atoms with Crippen LogP contribution in [0.2, 0.25) is 30.7 Å². The Morgan fingerprint density at radius 1 is 0.850 bits per heavy atom. The highest BCUT2D eigenvalue weighted by molar-refractivity contribution is 6.77. The third-order valence-electron chi connectivity index (χ3n) is 5.20. The Labute approximate surface area is 129 Å². The van der Waals surface area contributed by atoms with Gasteiger partial charge in [0.15, 0.2) is 0 Å². The van der Waals surface area contributed by atoms with Crippen molar-refractivity contribution in [1.29, 1.82) is 0 Å². The molecule has 0 aliphatic rings. The Kier molecular flexibility index (Phi) is 10.3. The van der Waals surface area contributed by atoms with Crippen LogP contribution in [0.5, 0.6) is 0 Å². The van der Waals surface area contributed by atoms with E-state index in [1.165, 1.54) is 44.1 Å². The van der Waals surface area contributed by atoms with Crippen LogP contribution >= 0.6 is 0 Å². The van der Waals surface area contributed by atoms with E-state index in [2.05, 4.69) is 38.8 Å². The first-order chi connectivity index (χ1) is 9.47. The van der Waals surface area contributed by atoms with E-state index in [1.54, 1.807) is 14.2 Å². The number of rotatable bonds is 12. The molecule has 0 bridgehead atoms. The fraction of sp³-hybridized carbons (Fsp3) is 1.00. The van der Waals surface area contributed by atoms with Crippen LogP contribution in [0, 0.1) is 0 Å². The van der Waals surface area contributed by atoms with Crippen LogP contribution in [0.1, 0.15) is 40.5 Å². The van der Waals surface area contributed by atoms with Crippen molar-refractivity contribution in [3.05, 3.63) is 0 Å². The van der Waals surface area contributed by atoms with Gasteiger partial charge in [0.25, 0.3) is 0 Å². The maximum absolute atomic E-state index is 5.56. The molecule has 0 aliphatic carbocycles. The van der Waals surface area contributed by atoms with Gasteiger partial charge in [0.2, 0.25) is 0 Å². The molecule has 0 aliphatic heterocycles. The van der Waals surface area contributed by atoms with Gasteiger partial charge in [-0.05, 0) is 50.2 Å². The number of hydrogen-bond acceptors (Lipinski definition) is 3. The minimum absolute atomic E-state index is 1.11. The highest BCUT2D eigenvalue weighted by Crippen LogP contribution is 2.25. The van der Waals surface area contributed by atoms with Gasteiger partial charge in [-0.3, -0.25) is 0 Å². The summed E-state index contributed by atoms with van der Waals surface area (Å²) in [6.45, 7) is 14.1. The zero-order chi connectivity index (χ0) is 15.6. The summed E-state index contributed by atoms with van der Waals surface area (Å²) in [4.78, 5) is 0. The molecule has 0 amide bonds. The van der Waals surface area contributed by atoms with Gasteiger partial charge < -0.3 is 13.4 Å². The molecule has 20 heavy (non-hydrogen) atoms. The molecule has 0 heterocycles. The average Bonchev–Trinajstić information content (AvgIpc) is 2.50. The molecule has 0 atom stereocenters. The van der Waals surface area contributed by atoms with Crippen LogP contribution in [0.25, 0.3) is 0 Å². The molecule has 0 aromatic carbocycles. The predicted octanol–water partition coefficient (Wildman–Crippen LogP) is 4.46. The highest BCUT2D eigenvalue weighted by atomic mass is 28.4. The standard InChI is InChI=1S/C15H37NO2Si2/c1-8-16(20(9-2,10-3)11-4)14-12-13-15-19(7,17-5)18-6/h8-15H2,1-7H3. The molecule has 0 fully saturated rings. The van der Waals surface area contributed by atoms with E-state index >= 15 is 0 Å². The molecular weight excluding hydrogens is 282 g/mol. The maximum Gasteiger partial charge on any atom is 0.334 e. The summed E-state index contributed by atoms with van der Waals surface area (Å²) in [6, 6.07) is 5.26. The van der Waals surface area contributed by atoms with Gasteiger partial charge >= 0.3 is 8.56 Å². The number of unbranched alkanes of at least 4 members (excludes halogenated alkanes) is 1. The Hall–Kier alpha value is 0.314. The summed E-state index contributed by atoms with van der Waals surface area (Å²) < 4.78 is 14.0. The highest BCUT2D eigenvalue weighted by Gasteiger charge is 2.33. The van der Waals surface area contributed by atoms with Crippen molar-refractivity contribution in [3.63, 3.8) is 0 Å². The molecule has 0 rings (SSSR count). The third kappa shape index (κ3) is 5.60. The van der Waals surface area contributed by atoms with Gasteiger partial charge in [0.1, 0.15) is 8.24 Å². The smallest absolute Gasteiger partial charge is 0.334 e. The van der Waals surface area contributed by atoms with Crippen molar-refractivity contribution in [3.8, 4) is 0 Å². The summed E-state index contributed by atoms with van der Waals surface area (Å²) in [6.07, 6.45) is 2.50. The maximum atomic E-state index is 5.56. The first kappa shape index (κ1) is 20.3. The average molecular weight is 320 g/mol. The lowest BCUT2D eigenvalue weighted by atomic mass is 10.3. The van der Waals surface area contributed by atoms with E-state index in [-0.39, 0.29) is 0 Å². The monoisotopic (exact) mass is 319 g/mol. The third-order valence-corrected chi connectivity index (χ3v) is 14.0. The summed E-state index contributed by atoms with van der Waals surface area (Å²) in [5.74, 6) is 0. The predicted molar refractivity (Wildman–Crippen MR) is 94.1 cm³/mol. The van der Waals surface area contributed by atoms with Crippen LogP contribution in [-0.2, 0) is 8.85 Å². The van der Waals surface area contributed by atoms with Crippen LogP contribution in [0.15, 0.2) is 0 Å². The van der Waals surface area contributed by atoms with Gasteiger partial charge in [0, 0.05) is 14.2 Å². The van der Waals surface area contributed by atoms with E-state index in [9.17, 15) is 0 Å². The second kappa shape index (κ2) is 10.1. The van der Waals surface area contributed by atoms with Crippen LogP contribution in [0.3, 0.4) is 0 Å². The molecule has 3 nitrogen and oxygen atoms in total. The number of hydrogen-bond donors (Lipinski definition) is 0. The summed E-state index contributed by atoms with van der Waals surface area (Å²) in [7, 11) is 0.543. The normalized spacial score (nSPS) is 13.2. The van der Waals surface area contributed by atoms with E-state index in [1.807, 2.05) is 0 Å². The molecule has 0 unspecified atom stereocenters. The van der Waals surface area contributed by atoms with Crippen molar-refractivity contribution in [1.82, 2.24) is 4.57 Å². The molecule has 0 aromatic heterocycles. The Bertz CT molecular complexity index is 236. The second-order valence-electron chi connectivity index (χ2n) is 5.86. The zero-order valence-corrected chi connectivity index (χ0v) is 16.9. The van der Waals surface area contributed by atoms with Crippen LogP contribution in [-0.4, -0.2) is 48.7 Å². The summed E-state index contributed by atoms with van der Waals surface area (Å²) in [5.41, 5.74) is 0. The fourth-order valence-electron chi connectivity index (χ4n) is 3.19. The SMILES string of the molecule is CCN(CCCC[Si](C)(OC)OC)[Si](CC)(CC)CC. The van der Waals surface area contributed by atoms with E-state index in [0.717, 1.165) is 6.04 Å². The molecule has 0 aromatic rings. The minimum Gasteiger partial charge on any atom is -0.398 e. The molecule has 0 spiro atoms. The summed E-state index contributed by atoms with van der Waals surface area (Å²) in [5, 5.41) is 0. The van der Waals surface area contributed by atoms with Gasteiger partial charge in [-0.15, -0.1) is 0 Å². The molecule has 122 valence electrons. The van der Waals surface area contributed by atoms with Crippen LogP contribution < -0.4 is 0 Å². The summed E-state index contributed by atoms with van der Waals surface area (Å²) >= 11 is 0. The Balaban J connectivity index is 4.33. The van der Waals surface area contributed by atoms with Gasteiger partial charge in [-0.2, -0.15) is 0 Å². The molecule has 0 saturated heterocycles. The molecule has 0 saturated carbocycles. The lowest BCUT2D eigenvalue weighted by molar-refractivity contribution is 0.247. The fourth-order valence-corrected chi connectivity index (χ4v) is 8.80. The minimum atomic E-state index is -1.86. The molecular formula is C15H37NO2Si2. The lowest BCUT2D eigenvalue weighted by Crippen LogP contribution is -2.52. The Morgan fingerprint density at radius 2 is 1.35 bits per heavy atom. The van der Waals surface area contributed by atoms with Crippen LogP contribution in [0.4, 0.5) is 0 Å². The second-order valence-corrected chi connectivity index (χ2v) is 14.7. The van der Waals surface area contributed by atoms with Gasteiger partial charge in [-0.25, -0.2) is 0 Å². The largest absolute Gasteiger partial charge is 0.398 e. The number of nitrogens with zero attached hydrogens (tertiary/aromatic N) is 1. The van der Waals surface area contributed by atoms with Gasteiger partial charge in [0.05, 0.1) is 0 Å². The van der Waals surface area contributed by atoms with Crippen molar-refractivity contribution in [2.45, 2.75) is 71.3 Å². The molecule has 0 N–H and O–H groups in total. The quantitative estimate of drug-likeness (QED) is 0.391. The molecule has 0 radical (unpaired) electrons. The lowest BCUT2D eigenvalue weighted by Gasteiger charge is -2.40. The Morgan fingerprint density at radius 3 is 1.70 bits per heavy atom. The van der Waals surface area contributed by atoms with Gasteiger partial charge in [-0.1, -0.05) is 34.1 Å². The van der Waals surface area contributed by atoms with Crippen molar-refractivity contribution in [2.24, 2.45) is 0 Å². The van der Waals surface area contributed by atoms with E-state index in [0.29, 0.717) is 0 Å². The van der Waals surface area contributed by atoms with Crippen molar-refractivity contribution in [2.75, 3.05) is 27.3 Å². The zero-order valence-electron chi connectivity index (χ0n) is 14.9. The first-order valence-electron chi connectivity index (χ1n) is 8.32. The topological polar surface area (TPSA) is 21.7 Å². The van der Waals surface area contributed by atoms with Crippen molar-refractivity contribution >= 4 is 16.8 Å². The molecule has 5 heteroatoms.